The molecule has 3 N–H and O–H groups in total. The fraction of sp³-hybridized carbons (Fsp3) is 0.692. The molecule has 1 fully saturated rings. The van der Waals surface area contributed by atoms with Gasteiger partial charge in [0.2, 0.25) is 0 Å². The number of anilines is 2. The topological polar surface area (TPSA) is 93.7 Å². The molecule has 0 unspecified atom stereocenters. The number of aromatic nitrogens is 2. The summed E-state index contributed by atoms with van der Waals surface area (Å²) in [4.78, 5) is 10.4. The van der Waals surface area contributed by atoms with E-state index in [-0.39, 0.29) is 0 Å². The van der Waals surface area contributed by atoms with Crippen molar-refractivity contribution in [1.82, 2.24) is 9.97 Å². The first-order valence-electron chi connectivity index (χ1n) is 6.66. The van der Waals surface area contributed by atoms with Gasteiger partial charge in [-0.2, -0.15) is 0 Å². The Hall–Kier alpha value is -1.44. The van der Waals surface area contributed by atoms with Gasteiger partial charge in [0.05, 0.1) is 5.60 Å². The first-order chi connectivity index (χ1) is 9.52. The number of hydrogen-bond donors (Lipinski definition) is 2. The number of nitrogens with two attached hydrogens (primary N) is 1. The van der Waals surface area contributed by atoms with Crippen LogP contribution in [-0.4, -0.2) is 54.6 Å². The summed E-state index contributed by atoms with van der Waals surface area (Å²) in [5, 5.41) is 10.5. The smallest absolute Gasteiger partial charge is 0.158 e. The predicted octanol–water partition coefficient (Wildman–Crippen LogP) is 0.183. The van der Waals surface area contributed by atoms with E-state index in [0.29, 0.717) is 56.7 Å². The quantitative estimate of drug-likeness (QED) is 0.795. The number of nitrogen functional groups attached to an aromatic ring is 1. The van der Waals surface area contributed by atoms with Crippen LogP contribution in [0.1, 0.15) is 18.7 Å². The summed E-state index contributed by atoms with van der Waals surface area (Å²) in [6, 6.07) is 1.70. The van der Waals surface area contributed by atoms with Gasteiger partial charge in [-0.25, -0.2) is 9.97 Å². The second-order valence-corrected chi connectivity index (χ2v) is 5.19. The zero-order chi connectivity index (χ0) is 14.6. The van der Waals surface area contributed by atoms with E-state index < -0.39 is 5.60 Å². The normalized spacial score (nSPS) is 17.9. The highest BCUT2D eigenvalue weighted by atomic mass is 16.5. The van der Waals surface area contributed by atoms with Crippen LogP contribution >= 0.6 is 0 Å². The molecule has 7 heteroatoms. The molecular weight excluding hydrogens is 260 g/mol. The monoisotopic (exact) mass is 282 g/mol. The lowest BCUT2D eigenvalue weighted by Gasteiger charge is -2.35. The number of hydrogen-bond acceptors (Lipinski definition) is 7. The van der Waals surface area contributed by atoms with Crippen molar-refractivity contribution in [2.45, 2.75) is 25.0 Å². The molecule has 112 valence electrons. The molecule has 7 nitrogen and oxygen atoms in total. The molecule has 2 rings (SSSR count). The van der Waals surface area contributed by atoms with Crippen LogP contribution < -0.4 is 10.6 Å². The van der Waals surface area contributed by atoms with E-state index in [4.69, 9.17) is 15.2 Å². The fourth-order valence-electron chi connectivity index (χ4n) is 2.32. The molecule has 0 bridgehead atoms. The maximum atomic E-state index is 10.5. The first-order valence-corrected chi connectivity index (χ1v) is 6.66. The summed E-state index contributed by atoms with van der Waals surface area (Å²) < 4.78 is 10.3. The van der Waals surface area contributed by atoms with Crippen molar-refractivity contribution in [2.24, 2.45) is 0 Å². The highest BCUT2D eigenvalue weighted by molar-refractivity contribution is 5.46. The lowest BCUT2D eigenvalue weighted by Crippen LogP contribution is -2.46. The van der Waals surface area contributed by atoms with Crippen molar-refractivity contribution in [3.8, 4) is 0 Å². The van der Waals surface area contributed by atoms with Crippen molar-refractivity contribution >= 4 is 11.6 Å². The second-order valence-electron chi connectivity index (χ2n) is 5.19. The minimum Gasteiger partial charge on any atom is -0.388 e. The Labute approximate surface area is 118 Å². The number of ether oxygens (including phenoxy) is 2. The van der Waals surface area contributed by atoms with Crippen LogP contribution in [0.4, 0.5) is 11.6 Å². The summed E-state index contributed by atoms with van der Waals surface area (Å²) in [6.45, 7) is 1.97. The first kappa shape index (κ1) is 15.0. The average molecular weight is 282 g/mol. The number of likely N-dealkylation sites (N-methyl/N-ethyl adjacent to an activating group) is 1. The highest BCUT2D eigenvalue weighted by Crippen LogP contribution is 2.23. The Balaban J connectivity index is 2.09. The summed E-state index contributed by atoms with van der Waals surface area (Å²) in [7, 11) is 3.46. The van der Waals surface area contributed by atoms with E-state index >= 15 is 0 Å². The highest BCUT2D eigenvalue weighted by Gasteiger charge is 2.31. The lowest BCUT2D eigenvalue weighted by atomic mass is 9.94. The Morgan fingerprint density at radius 2 is 2.15 bits per heavy atom. The van der Waals surface area contributed by atoms with Crippen molar-refractivity contribution in [2.75, 3.05) is 44.5 Å². The molecule has 1 aromatic rings. The van der Waals surface area contributed by atoms with Gasteiger partial charge in [-0.3, -0.25) is 0 Å². The molecule has 1 saturated heterocycles. The maximum Gasteiger partial charge on any atom is 0.158 e. The van der Waals surface area contributed by atoms with Gasteiger partial charge in [0, 0.05) is 52.8 Å². The third-order valence-corrected chi connectivity index (χ3v) is 3.40. The number of aliphatic hydroxyl groups is 1. The molecule has 2 heterocycles. The molecule has 1 aliphatic rings. The molecule has 0 saturated carbocycles. The average Bonchev–Trinajstić information content (AvgIpc) is 2.38. The number of rotatable bonds is 5. The van der Waals surface area contributed by atoms with Crippen LogP contribution in [-0.2, 0) is 16.1 Å². The minimum absolute atomic E-state index is 0.310. The SMILES string of the molecule is COCc1nc(N)cc(N(C)CC2(O)CCOCC2)n1. The lowest BCUT2D eigenvalue weighted by molar-refractivity contribution is -0.0573. The predicted molar refractivity (Wildman–Crippen MR) is 75.4 cm³/mol. The standard InChI is InChI=1S/C13H22N4O3/c1-17(9-13(18)3-5-20-6-4-13)12-7-10(14)15-11(16-12)8-19-2/h7,18H,3-6,8-9H2,1-2H3,(H2,14,15,16). The van der Waals surface area contributed by atoms with Crippen LogP contribution in [0.15, 0.2) is 6.07 Å². The van der Waals surface area contributed by atoms with Gasteiger partial charge in [-0.05, 0) is 0 Å². The Morgan fingerprint density at radius 1 is 1.45 bits per heavy atom. The molecule has 0 aliphatic carbocycles. The Morgan fingerprint density at radius 3 is 2.80 bits per heavy atom. The fourth-order valence-corrected chi connectivity index (χ4v) is 2.32. The summed E-state index contributed by atoms with van der Waals surface area (Å²) >= 11 is 0. The second kappa shape index (κ2) is 6.34. The van der Waals surface area contributed by atoms with Crippen molar-refractivity contribution in [3.63, 3.8) is 0 Å². The molecular formula is C13H22N4O3. The van der Waals surface area contributed by atoms with E-state index in [1.54, 1.807) is 13.2 Å². The molecule has 0 atom stereocenters. The van der Waals surface area contributed by atoms with E-state index in [0.717, 1.165) is 0 Å². The summed E-state index contributed by atoms with van der Waals surface area (Å²) in [5.41, 5.74) is 5.04. The number of methoxy groups -OCH3 is 1. The van der Waals surface area contributed by atoms with E-state index in [9.17, 15) is 5.11 Å². The van der Waals surface area contributed by atoms with Gasteiger partial charge >= 0.3 is 0 Å². The van der Waals surface area contributed by atoms with Crippen molar-refractivity contribution in [1.29, 1.82) is 0 Å². The zero-order valence-electron chi connectivity index (χ0n) is 12.0. The molecule has 1 aromatic heterocycles. The van der Waals surface area contributed by atoms with Gasteiger partial charge in [-0.15, -0.1) is 0 Å². The van der Waals surface area contributed by atoms with Gasteiger partial charge < -0.3 is 25.2 Å². The van der Waals surface area contributed by atoms with E-state index in [1.165, 1.54) is 0 Å². The van der Waals surface area contributed by atoms with Crippen LogP contribution in [0.2, 0.25) is 0 Å². The van der Waals surface area contributed by atoms with Gasteiger partial charge in [0.25, 0.3) is 0 Å². The van der Waals surface area contributed by atoms with Gasteiger partial charge in [-0.1, -0.05) is 0 Å². The molecule has 1 aliphatic heterocycles. The largest absolute Gasteiger partial charge is 0.388 e. The van der Waals surface area contributed by atoms with Crippen LogP contribution in [0.3, 0.4) is 0 Å². The summed E-state index contributed by atoms with van der Waals surface area (Å²) in [5.74, 6) is 1.62. The van der Waals surface area contributed by atoms with Gasteiger partial charge in [0.1, 0.15) is 18.2 Å². The minimum atomic E-state index is -0.742. The summed E-state index contributed by atoms with van der Waals surface area (Å²) in [6.07, 6.45) is 1.26. The van der Waals surface area contributed by atoms with Crippen LogP contribution in [0, 0.1) is 0 Å². The van der Waals surface area contributed by atoms with Crippen LogP contribution in [0.5, 0.6) is 0 Å². The number of nitrogens with zero attached hydrogens (tertiary/aromatic N) is 3. The molecule has 0 aromatic carbocycles. The Bertz CT molecular complexity index is 449. The molecule has 0 radical (unpaired) electrons. The zero-order valence-corrected chi connectivity index (χ0v) is 12.0. The van der Waals surface area contributed by atoms with Gasteiger partial charge in [0.15, 0.2) is 5.82 Å². The maximum absolute atomic E-state index is 10.5. The van der Waals surface area contributed by atoms with Crippen molar-refractivity contribution in [3.05, 3.63) is 11.9 Å². The molecule has 0 amide bonds. The third kappa shape index (κ3) is 3.78. The molecule has 0 spiro atoms. The van der Waals surface area contributed by atoms with E-state index in [1.807, 2.05) is 11.9 Å². The third-order valence-electron chi connectivity index (χ3n) is 3.40. The Kier molecular flexibility index (Phi) is 4.74. The van der Waals surface area contributed by atoms with E-state index in [2.05, 4.69) is 9.97 Å². The van der Waals surface area contributed by atoms with Crippen LogP contribution in [0.25, 0.3) is 0 Å². The van der Waals surface area contributed by atoms with Crippen molar-refractivity contribution < 1.29 is 14.6 Å². The molecule has 20 heavy (non-hydrogen) atoms.